The number of aromatic nitrogens is 1. The van der Waals surface area contributed by atoms with Gasteiger partial charge in [0.05, 0.1) is 12.0 Å². The molecule has 3 N–H and O–H groups in total. The molecular weight excluding hydrogens is 262 g/mol. The van der Waals surface area contributed by atoms with Gasteiger partial charge < -0.3 is 15.2 Å². The molecule has 1 heterocycles. The third-order valence-corrected chi connectivity index (χ3v) is 3.71. The first-order chi connectivity index (χ1) is 9.20. The van der Waals surface area contributed by atoms with Gasteiger partial charge in [0.2, 0.25) is 0 Å². The number of rotatable bonds is 3. The minimum atomic E-state index is -0.965. The average Bonchev–Trinajstić information content (AvgIpc) is 2.83. The predicted molar refractivity (Wildman–Crippen MR) is 77.5 cm³/mol. The summed E-state index contributed by atoms with van der Waals surface area (Å²) in [7, 11) is 0. The van der Waals surface area contributed by atoms with E-state index in [-0.39, 0.29) is 5.88 Å². The van der Waals surface area contributed by atoms with Crippen LogP contribution in [0.1, 0.15) is 11.7 Å². The van der Waals surface area contributed by atoms with Crippen LogP contribution in [0.4, 0.5) is 0 Å². The van der Waals surface area contributed by atoms with Crippen LogP contribution in [0.3, 0.4) is 0 Å². The summed E-state index contributed by atoms with van der Waals surface area (Å²) in [5, 5.41) is 21.8. The maximum atomic E-state index is 9.98. The summed E-state index contributed by atoms with van der Waals surface area (Å²) in [6.45, 7) is 0. The quantitative estimate of drug-likeness (QED) is 0.644. The van der Waals surface area contributed by atoms with Crippen molar-refractivity contribution in [1.82, 2.24) is 4.98 Å². The lowest BCUT2D eigenvalue weighted by molar-refractivity contribution is 0.0328. The minimum Gasteiger partial charge on any atom is -0.389 e. The number of H-pyrrole nitrogens is 1. The van der Waals surface area contributed by atoms with Crippen molar-refractivity contribution < 1.29 is 10.2 Å². The van der Waals surface area contributed by atoms with Gasteiger partial charge in [0.1, 0.15) is 6.10 Å². The van der Waals surface area contributed by atoms with Crippen LogP contribution in [0, 0.1) is 0 Å². The van der Waals surface area contributed by atoms with E-state index in [2.05, 4.69) is 11.1 Å². The second kappa shape index (κ2) is 4.85. The van der Waals surface area contributed by atoms with E-state index in [1.165, 1.54) is 0 Å². The van der Waals surface area contributed by atoms with Crippen molar-refractivity contribution in [2.45, 2.75) is 12.2 Å². The fourth-order valence-corrected chi connectivity index (χ4v) is 2.53. The van der Waals surface area contributed by atoms with Crippen LogP contribution in [0.25, 0.3) is 21.8 Å². The minimum absolute atomic E-state index is 0.00586. The molecule has 3 aromatic rings. The molecule has 2 aromatic carbocycles. The fourth-order valence-electron chi connectivity index (χ4n) is 2.36. The summed E-state index contributed by atoms with van der Waals surface area (Å²) in [5.74, 6) is 0.00586. The highest BCUT2D eigenvalue weighted by Gasteiger charge is 2.18. The molecule has 0 fully saturated rings. The van der Waals surface area contributed by atoms with Crippen molar-refractivity contribution in [2.75, 3.05) is 5.88 Å². The number of aliphatic hydroxyl groups excluding tert-OH is 2. The Hall–Kier alpha value is -1.55. The molecule has 19 heavy (non-hydrogen) atoms. The number of para-hydroxylation sites is 1. The number of alkyl halides is 1. The standard InChI is InChI=1S/C15H14ClNO2/c16-8-14(18)15(19)9-5-6-11-10-3-1-2-4-12(10)17-13(11)7-9/h1-7,14-15,17-19H,8H2. The Bertz CT molecular complexity index is 722. The first kappa shape index (κ1) is 12.5. The Labute approximate surface area is 115 Å². The molecule has 3 nitrogen and oxygen atoms in total. The Morgan fingerprint density at radius 2 is 1.74 bits per heavy atom. The maximum absolute atomic E-state index is 9.98. The third kappa shape index (κ3) is 2.10. The van der Waals surface area contributed by atoms with Crippen LogP contribution in [0.2, 0.25) is 0 Å². The van der Waals surface area contributed by atoms with Gasteiger partial charge in [0.15, 0.2) is 0 Å². The summed E-state index contributed by atoms with van der Waals surface area (Å²) in [6.07, 6.45) is -1.92. The summed E-state index contributed by atoms with van der Waals surface area (Å²) in [6, 6.07) is 13.7. The molecule has 0 aliphatic rings. The van der Waals surface area contributed by atoms with Crippen LogP contribution in [0.5, 0.6) is 0 Å². The van der Waals surface area contributed by atoms with Crippen molar-refractivity contribution in [3.8, 4) is 0 Å². The van der Waals surface area contributed by atoms with Crippen LogP contribution in [-0.2, 0) is 0 Å². The lowest BCUT2D eigenvalue weighted by atomic mass is 10.0. The van der Waals surface area contributed by atoms with E-state index >= 15 is 0 Å². The van der Waals surface area contributed by atoms with Gasteiger partial charge in [-0.05, 0) is 17.7 Å². The Kier molecular flexibility index (Phi) is 3.19. The van der Waals surface area contributed by atoms with Crippen molar-refractivity contribution in [2.24, 2.45) is 0 Å². The summed E-state index contributed by atoms with van der Waals surface area (Å²) < 4.78 is 0. The lowest BCUT2D eigenvalue weighted by Gasteiger charge is -2.15. The molecule has 0 aliphatic carbocycles. The summed E-state index contributed by atoms with van der Waals surface area (Å²) >= 11 is 5.56. The average molecular weight is 276 g/mol. The van der Waals surface area contributed by atoms with E-state index in [1.54, 1.807) is 0 Å². The molecule has 1 aromatic heterocycles. The van der Waals surface area contributed by atoms with Crippen molar-refractivity contribution in [3.63, 3.8) is 0 Å². The molecule has 2 unspecified atom stereocenters. The first-order valence-electron chi connectivity index (χ1n) is 6.13. The zero-order valence-corrected chi connectivity index (χ0v) is 10.9. The molecule has 0 aliphatic heterocycles. The van der Waals surface area contributed by atoms with Crippen molar-refractivity contribution in [3.05, 3.63) is 48.0 Å². The molecule has 0 radical (unpaired) electrons. The van der Waals surface area contributed by atoms with Gasteiger partial charge >= 0.3 is 0 Å². The van der Waals surface area contributed by atoms with Gasteiger partial charge in [0.25, 0.3) is 0 Å². The number of hydrogen-bond acceptors (Lipinski definition) is 2. The van der Waals surface area contributed by atoms with Crippen molar-refractivity contribution in [1.29, 1.82) is 0 Å². The SMILES string of the molecule is OC(CCl)C(O)c1ccc2c(c1)[nH]c1ccccc12. The van der Waals surface area contributed by atoms with Gasteiger partial charge in [-0.15, -0.1) is 11.6 Å². The highest BCUT2D eigenvalue weighted by Crippen LogP contribution is 2.28. The van der Waals surface area contributed by atoms with Crippen LogP contribution in [0.15, 0.2) is 42.5 Å². The highest BCUT2D eigenvalue weighted by atomic mass is 35.5. The van der Waals surface area contributed by atoms with Crippen LogP contribution >= 0.6 is 11.6 Å². The van der Waals surface area contributed by atoms with Gasteiger partial charge in [0, 0.05) is 21.8 Å². The highest BCUT2D eigenvalue weighted by molar-refractivity contribution is 6.18. The smallest absolute Gasteiger partial charge is 0.106 e. The second-order valence-corrected chi connectivity index (χ2v) is 4.95. The zero-order valence-electron chi connectivity index (χ0n) is 10.2. The lowest BCUT2D eigenvalue weighted by Crippen LogP contribution is -2.19. The molecule has 3 rings (SSSR count). The van der Waals surface area contributed by atoms with Gasteiger partial charge in [-0.3, -0.25) is 0 Å². The van der Waals surface area contributed by atoms with E-state index in [1.807, 2.05) is 36.4 Å². The van der Waals surface area contributed by atoms with E-state index in [0.29, 0.717) is 5.56 Å². The molecule has 2 atom stereocenters. The molecule has 0 amide bonds. The topological polar surface area (TPSA) is 56.2 Å². The normalized spacial score (nSPS) is 14.9. The number of benzene rings is 2. The van der Waals surface area contributed by atoms with Crippen LogP contribution < -0.4 is 0 Å². The molecular formula is C15H14ClNO2. The summed E-state index contributed by atoms with van der Waals surface area (Å²) in [4.78, 5) is 3.30. The number of fused-ring (bicyclic) bond motifs is 3. The number of hydrogen-bond donors (Lipinski definition) is 3. The monoisotopic (exact) mass is 275 g/mol. The molecule has 0 spiro atoms. The number of aliphatic hydroxyl groups is 2. The van der Waals surface area contributed by atoms with E-state index in [4.69, 9.17) is 11.6 Å². The fraction of sp³-hybridized carbons (Fsp3) is 0.200. The first-order valence-corrected chi connectivity index (χ1v) is 6.66. The summed E-state index contributed by atoms with van der Waals surface area (Å²) in [5.41, 5.74) is 2.66. The largest absolute Gasteiger partial charge is 0.389 e. The second-order valence-electron chi connectivity index (χ2n) is 4.64. The molecule has 98 valence electrons. The Balaban J connectivity index is 2.13. The van der Waals surface area contributed by atoms with Gasteiger partial charge in [-0.1, -0.05) is 30.3 Å². The Morgan fingerprint density at radius 1 is 1.00 bits per heavy atom. The van der Waals surface area contributed by atoms with E-state index in [0.717, 1.165) is 21.8 Å². The van der Waals surface area contributed by atoms with E-state index in [9.17, 15) is 10.2 Å². The molecule has 0 bridgehead atoms. The maximum Gasteiger partial charge on any atom is 0.106 e. The van der Waals surface area contributed by atoms with Crippen LogP contribution in [-0.4, -0.2) is 27.2 Å². The number of aromatic amines is 1. The molecule has 0 saturated carbocycles. The predicted octanol–water partition coefficient (Wildman–Crippen LogP) is 2.95. The molecule has 4 heteroatoms. The van der Waals surface area contributed by atoms with E-state index < -0.39 is 12.2 Å². The molecule has 0 saturated heterocycles. The zero-order chi connectivity index (χ0) is 13.4. The third-order valence-electron chi connectivity index (χ3n) is 3.39. The van der Waals surface area contributed by atoms with Crippen molar-refractivity contribution >= 4 is 33.4 Å². The number of halogens is 1. The van der Waals surface area contributed by atoms with Gasteiger partial charge in [-0.2, -0.15) is 0 Å². The van der Waals surface area contributed by atoms with Gasteiger partial charge in [-0.25, -0.2) is 0 Å². The Morgan fingerprint density at radius 3 is 2.53 bits per heavy atom. The number of nitrogens with one attached hydrogen (secondary N) is 1.